The quantitative estimate of drug-likeness (QED) is 0.752. The molecule has 0 saturated heterocycles. The van der Waals surface area contributed by atoms with Crippen molar-refractivity contribution in [2.24, 2.45) is 4.99 Å². The van der Waals surface area contributed by atoms with Crippen LogP contribution in [0.5, 0.6) is 0 Å². The molecule has 0 bridgehead atoms. The third-order valence-electron chi connectivity index (χ3n) is 1.55. The predicted molar refractivity (Wildman–Crippen MR) is 50.6 cm³/mol. The number of nitrogens with zero attached hydrogens (tertiary/aromatic N) is 3. The molecule has 1 aliphatic heterocycles. The molecule has 1 aliphatic rings. The molecule has 5 nitrogen and oxygen atoms in total. The molecular formula is C7H10N4OS. The van der Waals surface area contributed by atoms with Crippen LogP contribution in [0.15, 0.2) is 9.52 Å². The second-order valence-corrected chi connectivity index (χ2v) is 3.70. The second kappa shape index (κ2) is 3.78. The van der Waals surface area contributed by atoms with E-state index in [1.165, 1.54) is 0 Å². The highest BCUT2D eigenvalue weighted by molar-refractivity contribution is 8.14. The van der Waals surface area contributed by atoms with E-state index in [9.17, 15) is 0 Å². The summed E-state index contributed by atoms with van der Waals surface area (Å²) in [7, 11) is 0. The minimum Gasteiger partial charge on any atom is -0.357 e. The lowest BCUT2D eigenvalue weighted by molar-refractivity contribution is 0.387. The van der Waals surface area contributed by atoms with Gasteiger partial charge in [-0.15, -0.1) is 0 Å². The second-order valence-electron chi connectivity index (χ2n) is 2.62. The lowest BCUT2D eigenvalue weighted by Crippen LogP contribution is -2.18. The Bertz CT molecular complexity index is 322. The van der Waals surface area contributed by atoms with Crippen LogP contribution in [0, 0.1) is 6.92 Å². The van der Waals surface area contributed by atoms with Gasteiger partial charge in [0, 0.05) is 12.7 Å². The Balaban J connectivity index is 1.85. The number of hydrogen-bond acceptors (Lipinski definition) is 6. The largest absolute Gasteiger partial charge is 0.357 e. The molecule has 6 heteroatoms. The van der Waals surface area contributed by atoms with Gasteiger partial charge in [-0.3, -0.25) is 4.99 Å². The van der Waals surface area contributed by atoms with E-state index in [1.807, 2.05) is 0 Å². The lowest BCUT2D eigenvalue weighted by atomic mass is 10.6. The number of aryl methyl sites for hydroxylation is 1. The lowest BCUT2D eigenvalue weighted by Gasteiger charge is -1.99. The van der Waals surface area contributed by atoms with E-state index < -0.39 is 0 Å². The topological polar surface area (TPSA) is 63.3 Å². The van der Waals surface area contributed by atoms with E-state index in [0.29, 0.717) is 18.3 Å². The number of nitrogens with one attached hydrogen (secondary N) is 1. The molecule has 0 unspecified atom stereocenters. The summed E-state index contributed by atoms with van der Waals surface area (Å²) in [6, 6.07) is 0. The Morgan fingerprint density at radius 1 is 1.62 bits per heavy atom. The van der Waals surface area contributed by atoms with E-state index >= 15 is 0 Å². The van der Waals surface area contributed by atoms with Gasteiger partial charge in [0.05, 0.1) is 13.1 Å². The van der Waals surface area contributed by atoms with Crippen molar-refractivity contribution >= 4 is 16.9 Å². The highest BCUT2D eigenvalue weighted by atomic mass is 32.2. The van der Waals surface area contributed by atoms with Crippen molar-refractivity contribution in [3.05, 3.63) is 11.7 Å². The van der Waals surface area contributed by atoms with Crippen LogP contribution in [0.2, 0.25) is 0 Å². The average Bonchev–Trinajstić information content (AvgIpc) is 2.71. The highest BCUT2D eigenvalue weighted by Gasteiger charge is 2.07. The summed E-state index contributed by atoms with van der Waals surface area (Å²) in [6.45, 7) is 3.26. The molecule has 0 atom stereocenters. The molecule has 0 spiro atoms. The summed E-state index contributed by atoms with van der Waals surface area (Å²) >= 11 is 1.72. The van der Waals surface area contributed by atoms with Crippen molar-refractivity contribution in [3.8, 4) is 0 Å². The summed E-state index contributed by atoms with van der Waals surface area (Å²) in [5.41, 5.74) is 0. The van der Waals surface area contributed by atoms with Gasteiger partial charge in [-0.25, -0.2) is 0 Å². The van der Waals surface area contributed by atoms with Crippen molar-refractivity contribution in [1.82, 2.24) is 15.5 Å². The van der Waals surface area contributed by atoms with Gasteiger partial charge >= 0.3 is 0 Å². The summed E-state index contributed by atoms with van der Waals surface area (Å²) in [4.78, 5) is 8.31. The Morgan fingerprint density at radius 2 is 2.54 bits per heavy atom. The van der Waals surface area contributed by atoms with Gasteiger partial charge in [0.25, 0.3) is 0 Å². The third-order valence-corrected chi connectivity index (χ3v) is 2.49. The Labute approximate surface area is 80.0 Å². The minimum atomic E-state index is 0.586. The molecule has 70 valence electrons. The average molecular weight is 198 g/mol. The maximum Gasteiger partial charge on any atom is 0.223 e. The van der Waals surface area contributed by atoms with Gasteiger partial charge in [-0.2, -0.15) is 4.98 Å². The fourth-order valence-electron chi connectivity index (χ4n) is 1.01. The van der Waals surface area contributed by atoms with E-state index in [0.717, 1.165) is 17.5 Å². The first kappa shape index (κ1) is 8.55. The molecular weight excluding hydrogens is 188 g/mol. The van der Waals surface area contributed by atoms with Crippen molar-refractivity contribution in [1.29, 1.82) is 0 Å². The third kappa shape index (κ3) is 2.21. The molecule has 1 aromatic heterocycles. The first-order chi connectivity index (χ1) is 6.34. The summed E-state index contributed by atoms with van der Waals surface area (Å²) in [5, 5.41) is 7.88. The molecule has 1 N–H and O–H groups in total. The Hall–Kier alpha value is -1.04. The fraction of sp³-hybridized carbons (Fsp3) is 0.571. The Kier molecular flexibility index (Phi) is 2.49. The van der Waals surface area contributed by atoms with Crippen molar-refractivity contribution in [2.45, 2.75) is 13.5 Å². The number of aliphatic imine (C=N–C) groups is 1. The number of hydrogen-bond donors (Lipinski definition) is 1. The van der Waals surface area contributed by atoms with Gasteiger partial charge in [-0.05, 0) is 0 Å². The summed E-state index contributed by atoms with van der Waals surface area (Å²) in [5.74, 6) is 2.33. The summed E-state index contributed by atoms with van der Waals surface area (Å²) in [6.07, 6.45) is 0. The normalized spacial score (nSPS) is 15.9. The molecule has 0 aromatic carbocycles. The molecule has 0 fully saturated rings. The predicted octanol–water partition coefficient (Wildman–Crippen LogP) is 0.570. The van der Waals surface area contributed by atoms with Gasteiger partial charge in [0.15, 0.2) is 11.0 Å². The van der Waals surface area contributed by atoms with Crippen LogP contribution in [0.4, 0.5) is 0 Å². The summed E-state index contributed by atoms with van der Waals surface area (Å²) < 4.78 is 4.83. The molecule has 13 heavy (non-hydrogen) atoms. The molecule has 1 aromatic rings. The number of rotatable bonds is 2. The van der Waals surface area contributed by atoms with Crippen LogP contribution in [0.1, 0.15) is 11.7 Å². The SMILES string of the molecule is Cc1nc(CNC2=NCCS2)no1. The maximum atomic E-state index is 4.83. The van der Waals surface area contributed by atoms with Gasteiger partial charge < -0.3 is 9.84 Å². The van der Waals surface area contributed by atoms with Gasteiger partial charge in [0.1, 0.15) is 0 Å². The first-order valence-electron chi connectivity index (χ1n) is 4.05. The van der Waals surface area contributed by atoms with E-state index in [1.54, 1.807) is 18.7 Å². The van der Waals surface area contributed by atoms with Crippen LogP contribution < -0.4 is 5.32 Å². The van der Waals surface area contributed by atoms with Crippen molar-refractivity contribution < 1.29 is 4.52 Å². The molecule has 0 amide bonds. The van der Waals surface area contributed by atoms with Crippen molar-refractivity contribution in [2.75, 3.05) is 12.3 Å². The number of thioether (sulfide) groups is 1. The molecule has 2 heterocycles. The zero-order valence-electron chi connectivity index (χ0n) is 7.28. The minimum absolute atomic E-state index is 0.586. The molecule has 0 radical (unpaired) electrons. The van der Waals surface area contributed by atoms with E-state index in [-0.39, 0.29) is 0 Å². The molecule has 0 aliphatic carbocycles. The standard InChI is InChI=1S/C7H10N4OS/c1-5-10-6(11-12-5)4-9-7-8-2-3-13-7/h2-4H2,1H3,(H,8,9). The monoisotopic (exact) mass is 198 g/mol. The van der Waals surface area contributed by atoms with Gasteiger partial charge in [-0.1, -0.05) is 16.9 Å². The van der Waals surface area contributed by atoms with Crippen LogP contribution in [-0.2, 0) is 6.54 Å². The Morgan fingerprint density at radius 3 is 3.15 bits per heavy atom. The van der Waals surface area contributed by atoms with Crippen LogP contribution in [0.25, 0.3) is 0 Å². The smallest absolute Gasteiger partial charge is 0.223 e. The zero-order chi connectivity index (χ0) is 9.10. The number of amidine groups is 1. The van der Waals surface area contributed by atoms with E-state index in [4.69, 9.17) is 4.52 Å². The van der Waals surface area contributed by atoms with Gasteiger partial charge in [0.2, 0.25) is 5.89 Å². The van der Waals surface area contributed by atoms with Crippen LogP contribution in [-0.4, -0.2) is 27.6 Å². The molecule has 2 rings (SSSR count). The van der Waals surface area contributed by atoms with E-state index in [2.05, 4.69) is 20.4 Å². The van der Waals surface area contributed by atoms with Crippen LogP contribution >= 0.6 is 11.8 Å². The first-order valence-corrected chi connectivity index (χ1v) is 5.03. The maximum absolute atomic E-state index is 4.83. The van der Waals surface area contributed by atoms with Crippen molar-refractivity contribution in [3.63, 3.8) is 0 Å². The zero-order valence-corrected chi connectivity index (χ0v) is 8.10. The fourth-order valence-corrected chi connectivity index (χ4v) is 1.74. The molecule has 0 saturated carbocycles. The number of aromatic nitrogens is 2. The van der Waals surface area contributed by atoms with Crippen LogP contribution in [0.3, 0.4) is 0 Å². The highest BCUT2D eigenvalue weighted by Crippen LogP contribution is 2.09.